The number of thioether (sulfide) groups is 1. The van der Waals surface area contributed by atoms with Crippen molar-refractivity contribution in [1.82, 2.24) is 15.3 Å². The van der Waals surface area contributed by atoms with Crippen LogP contribution in [-0.2, 0) is 14.4 Å². The highest BCUT2D eigenvalue weighted by Crippen LogP contribution is 2.36. The lowest BCUT2D eigenvalue weighted by atomic mass is 9.95. The summed E-state index contributed by atoms with van der Waals surface area (Å²) in [6.07, 6.45) is 4.60. The summed E-state index contributed by atoms with van der Waals surface area (Å²) in [7, 11) is 0. The van der Waals surface area contributed by atoms with E-state index in [0.29, 0.717) is 4.90 Å². The number of hydrogen-bond donors (Lipinski definition) is 2. The number of aromatic nitrogens is 2. The standard InChI is InChI=1S/C16H11N3O5S/c20-12(21)6-19-15(23)13-14(22)10-2-1-8(3-11(10)25-16(13)24)9-4-17-7-18-5-9/h1-5,7,13H,6H2,(H,19,23)(H,20,21). The Hall–Kier alpha value is -3.07. The van der Waals surface area contributed by atoms with Gasteiger partial charge in [-0.15, -0.1) is 0 Å². The highest BCUT2D eigenvalue weighted by atomic mass is 32.2. The topological polar surface area (TPSA) is 126 Å². The number of carbonyl (C=O) groups is 4. The third-order valence-electron chi connectivity index (χ3n) is 3.53. The minimum atomic E-state index is -1.54. The molecule has 1 aliphatic heterocycles. The van der Waals surface area contributed by atoms with E-state index in [1.165, 1.54) is 12.4 Å². The van der Waals surface area contributed by atoms with Crippen LogP contribution in [0.1, 0.15) is 10.4 Å². The average Bonchev–Trinajstić information content (AvgIpc) is 2.60. The van der Waals surface area contributed by atoms with Crippen molar-refractivity contribution in [3.05, 3.63) is 42.5 Å². The van der Waals surface area contributed by atoms with E-state index in [9.17, 15) is 19.2 Å². The Balaban J connectivity index is 1.89. The lowest BCUT2D eigenvalue weighted by molar-refractivity contribution is -0.139. The lowest BCUT2D eigenvalue weighted by Gasteiger charge is -2.21. The summed E-state index contributed by atoms with van der Waals surface area (Å²) in [6, 6.07) is 4.88. The van der Waals surface area contributed by atoms with Crippen molar-refractivity contribution in [2.45, 2.75) is 4.90 Å². The first-order valence-electron chi connectivity index (χ1n) is 7.12. The van der Waals surface area contributed by atoms with Crippen molar-refractivity contribution in [1.29, 1.82) is 0 Å². The van der Waals surface area contributed by atoms with Gasteiger partial charge in [-0.1, -0.05) is 6.07 Å². The number of fused-ring (bicyclic) bond motifs is 1. The van der Waals surface area contributed by atoms with E-state index in [4.69, 9.17) is 5.11 Å². The van der Waals surface area contributed by atoms with Gasteiger partial charge in [0.25, 0.3) is 0 Å². The molecule has 0 fully saturated rings. The van der Waals surface area contributed by atoms with E-state index in [-0.39, 0.29) is 5.56 Å². The van der Waals surface area contributed by atoms with Gasteiger partial charge >= 0.3 is 5.97 Å². The normalized spacial score (nSPS) is 16.2. The minimum absolute atomic E-state index is 0.251. The van der Waals surface area contributed by atoms with E-state index >= 15 is 0 Å². The SMILES string of the molecule is O=C(O)CNC(=O)C1C(=O)Sc2cc(-c3cncnc3)ccc2C1=O. The van der Waals surface area contributed by atoms with E-state index in [2.05, 4.69) is 15.3 Å². The van der Waals surface area contributed by atoms with E-state index in [0.717, 1.165) is 22.9 Å². The van der Waals surface area contributed by atoms with Crippen LogP contribution in [-0.4, -0.2) is 44.4 Å². The summed E-state index contributed by atoms with van der Waals surface area (Å²) in [4.78, 5) is 55.5. The van der Waals surface area contributed by atoms with Gasteiger partial charge in [-0.05, 0) is 29.5 Å². The van der Waals surface area contributed by atoms with E-state index in [1.807, 2.05) is 0 Å². The number of carbonyl (C=O) groups excluding carboxylic acids is 3. The molecule has 0 saturated carbocycles. The van der Waals surface area contributed by atoms with Gasteiger partial charge in [0.05, 0.1) is 0 Å². The molecule has 0 spiro atoms. The quantitative estimate of drug-likeness (QED) is 0.769. The molecule has 0 bridgehead atoms. The van der Waals surface area contributed by atoms with Crippen molar-refractivity contribution >= 4 is 34.5 Å². The number of nitrogens with zero attached hydrogens (tertiary/aromatic N) is 2. The molecule has 1 aromatic carbocycles. The predicted molar refractivity (Wildman–Crippen MR) is 86.8 cm³/mol. The highest BCUT2D eigenvalue weighted by molar-refractivity contribution is 8.14. The van der Waals surface area contributed by atoms with Gasteiger partial charge in [0.15, 0.2) is 11.7 Å². The van der Waals surface area contributed by atoms with Crippen molar-refractivity contribution in [2.24, 2.45) is 5.92 Å². The number of carboxylic acids is 1. The van der Waals surface area contributed by atoms with Gasteiger partial charge < -0.3 is 10.4 Å². The lowest BCUT2D eigenvalue weighted by Crippen LogP contribution is -2.42. The van der Waals surface area contributed by atoms with Crippen LogP contribution >= 0.6 is 11.8 Å². The summed E-state index contributed by atoms with van der Waals surface area (Å²) >= 11 is 0.786. The largest absolute Gasteiger partial charge is 0.480 e. The molecule has 1 aromatic heterocycles. The van der Waals surface area contributed by atoms with Crippen LogP contribution in [0.5, 0.6) is 0 Å². The van der Waals surface area contributed by atoms with Gasteiger partial charge in [-0.2, -0.15) is 0 Å². The van der Waals surface area contributed by atoms with Crippen LogP contribution in [0.15, 0.2) is 41.8 Å². The fraction of sp³-hybridized carbons (Fsp3) is 0.125. The maximum Gasteiger partial charge on any atom is 0.322 e. The highest BCUT2D eigenvalue weighted by Gasteiger charge is 2.40. The molecule has 2 aromatic rings. The number of carboxylic acid groups (broad SMARTS) is 1. The molecule has 3 rings (SSSR count). The van der Waals surface area contributed by atoms with E-state index < -0.39 is 35.2 Å². The van der Waals surface area contributed by atoms with Crippen LogP contribution in [0.4, 0.5) is 0 Å². The maximum atomic E-state index is 12.5. The molecule has 1 aliphatic rings. The molecule has 8 nitrogen and oxygen atoms in total. The molecule has 1 unspecified atom stereocenters. The Bertz CT molecular complexity index is 885. The van der Waals surface area contributed by atoms with Crippen LogP contribution in [0.2, 0.25) is 0 Å². The maximum absolute atomic E-state index is 12.5. The van der Waals surface area contributed by atoms with Gasteiger partial charge in [-0.25, -0.2) is 9.97 Å². The van der Waals surface area contributed by atoms with Crippen molar-refractivity contribution < 1.29 is 24.3 Å². The summed E-state index contributed by atoms with van der Waals surface area (Å²) < 4.78 is 0. The summed E-state index contributed by atoms with van der Waals surface area (Å²) in [5.41, 5.74) is 1.72. The van der Waals surface area contributed by atoms with Crippen molar-refractivity contribution in [3.8, 4) is 11.1 Å². The number of ketones is 1. The van der Waals surface area contributed by atoms with Crippen LogP contribution in [0, 0.1) is 5.92 Å². The molecule has 0 aliphatic carbocycles. The molecule has 1 amide bonds. The first-order chi connectivity index (χ1) is 12.0. The summed E-state index contributed by atoms with van der Waals surface area (Å²) in [5.74, 6) is -4.34. The number of aliphatic carboxylic acids is 1. The third-order valence-corrected chi connectivity index (χ3v) is 4.52. The Morgan fingerprint density at radius 1 is 1.16 bits per heavy atom. The second kappa shape index (κ2) is 6.81. The zero-order chi connectivity index (χ0) is 18.0. The van der Waals surface area contributed by atoms with Gasteiger partial charge in [0, 0.05) is 28.4 Å². The monoisotopic (exact) mass is 357 g/mol. The van der Waals surface area contributed by atoms with E-state index in [1.54, 1.807) is 24.5 Å². The number of nitrogens with one attached hydrogen (secondary N) is 1. The van der Waals surface area contributed by atoms with Crippen LogP contribution in [0.25, 0.3) is 11.1 Å². The first kappa shape index (κ1) is 16.8. The number of Topliss-reactive ketones (excluding diaryl/α,β-unsaturated/α-hetero) is 1. The summed E-state index contributed by atoms with van der Waals surface area (Å²) in [6.45, 7) is -0.652. The van der Waals surface area contributed by atoms with Gasteiger partial charge in [0.1, 0.15) is 12.9 Å². The Kier molecular flexibility index (Phi) is 4.57. The molecule has 9 heteroatoms. The summed E-state index contributed by atoms with van der Waals surface area (Å²) in [5, 5.41) is 10.0. The number of amides is 1. The van der Waals surface area contributed by atoms with Gasteiger partial charge in [-0.3, -0.25) is 19.2 Å². The third kappa shape index (κ3) is 3.41. The minimum Gasteiger partial charge on any atom is -0.480 e. The molecular formula is C16H11N3O5S. The molecule has 126 valence electrons. The first-order valence-corrected chi connectivity index (χ1v) is 7.94. The number of benzene rings is 1. The molecule has 1 atom stereocenters. The zero-order valence-corrected chi connectivity index (χ0v) is 13.4. The van der Waals surface area contributed by atoms with Crippen molar-refractivity contribution in [3.63, 3.8) is 0 Å². The van der Waals surface area contributed by atoms with Gasteiger partial charge in [0.2, 0.25) is 11.0 Å². The molecule has 0 saturated heterocycles. The zero-order valence-electron chi connectivity index (χ0n) is 12.6. The second-order valence-electron chi connectivity index (χ2n) is 5.17. The molecule has 2 N–H and O–H groups in total. The molecule has 25 heavy (non-hydrogen) atoms. The van der Waals surface area contributed by atoms with Crippen molar-refractivity contribution in [2.75, 3.05) is 6.54 Å². The Morgan fingerprint density at radius 3 is 2.56 bits per heavy atom. The molecular weight excluding hydrogens is 346 g/mol. The second-order valence-corrected chi connectivity index (χ2v) is 6.21. The number of rotatable bonds is 4. The van der Waals surface area contributed by atoms with Crippen LogP contribution < -0.4 is 5.32 Å². The Labute approximate surface area is 145 Å². The fourth-order valence-electron chi connectivity index (χ4n) is 2.36. The molecule has 2 heterocycles. The molecule has 0 radical (unpaired) electrons. The van der Waals surface area contributed by atoms with Crippen LogP contribution in [0.3, 0.4) is 0 Å². The number of hydrogen-bond acceptors (Lipinski definition) is 7. The Morgan fingerprint density at radius 2 is 1.88 bits per heavy atom. The fourth-order valence-corrected chi connectivity index (χ4v) is 3.37. The smallest absolute Gasteiger partial charge is 0.322 e. The predicted octanol–water partition coefficient (Wildman–Crippen LogP) is 0.776. The average molecular weight is 357 g/mol.